The maximum atomic E-state index is 13.0. The number of benzene rings is 2. The van der Waals surface area contributed by atoms with E-state index in [0.29, 0.717) is 18.0 Å². The van der Waals surface area contributed by atoms with Crippen LogP contribution in [0.2, 0.25) is 0 Å². The maximum Gasteiger partial charge on any atom is 0.332 e. The summed E-state index contributed by atoms with van der Waals surface area (Å²) < 4.78 is 7.84. The van der Waals surface area contributed by atoms with Crippen LogP contribution in [0.5, 0.6) is 5.75 Å². The van der Waals surface area contributed by atoms with E-state index in [9.17, 15) is 14.4 Å². The number of anilines is 2. The van der Waals surface area contributed by atoms with Gasteiger partial charge in [0.2, 0.25) is 0 Å². The number of carbonyl (C=O) groups excluding carboxylic acids is 1. The molecule has 0 amide bonds. The van der Waals surface area contributed by atoms with Gasteiger partial charge in [-0.15, -0.1) is 0 Å². The fraction of sp³-hybridized carbons (Fsp3) is 0.261. The predicted octanol–water partition coefficient (Wildman–Crippen LogP) is 2.35. The van der Waals surface area contributed by atoms with E-state index in [1.807, 2.05) is 49.4 Å². The molecule has 3 aromatic rings. The van der Waals surface area contributed by atoms with E-state index >= 15 is 0 Å². The van der Waals surface area contributed by atoms with Crippen LogP contribution in [-0.4, -0.2) is 28.1 Å². The Hall–Kier alpha value is -3.81. The number of ether oxygens (including phenoxy) is 1. The monoisotopic (exact) mass is 422 g/mol. The van der Waals surface area contributed by atoms with E-state index in [1.54, 1.807) is 19.1 Å². The molecule has 1 aromatic heterocycles. The topological polar surface area (TPSA) is 108 Å². The van der Waals surface area contributed by atoms with Crippen molar-refractivity contribution in [3.8, 4) is 5.75 Å². The van der Waals surface area contributed by atoms with Crippen molar-refractivity contribution in [3.63, 3.8) is 0 Å². The first kappa shape index (κ1) is 21.9. The number of rotatable bonds is 9. The zero-order valence-corrected chi connectivity index (χ0v) is 17.6. The first-order valence-corrected chi connectivity index (χ1v) is 10.1. The highest BCUT2D eigenvalue weighted by Crippen LogP contribution is 2.23. The Morgan fingerprint density at radius 3 is 2.35 bits per heavy atom. The number of hydrogen-bond acceptors (Lipinski definition) is 6. The Kier molecular flexibility index (Phi) is 6.92. The molecule has 0 fully saturated rings. The van der Waals surface area contributed by atoms with Crippen molar-refractivity contribution in [3.05, 3.63) is 86.6 Å². The minimum Gasteiger partial charge on any atom is -0.492 e. The zero-order valence-electron chi connectivity index (χ0n) is 17.6. The third-order valence-electron chi connectivity index (χ3n) is 4.87. The highest BCUT2D eigenvalue weighted by atomic mass is 16.5. The quantitative estimate of drug-likeness (QED) is 0.513. The number of para-hydroxylation sites is 2. The van der Waals surface area contributed by atoms with Gasteiger partial charge >= 0.3 is 5.69 Å². The summed E-state index contributed by atoms with van der Waals surface area (Å²) in [4.78, 5) is 38.7. The lowest BCUT2D eigenvalue weighted by atomic mass is 10.1. The fourth-order valence-electron chi connectivity index (χ4n) is 3.33. The van der Waals surface area contributed by atoms with Crippen LogP contribution < -0.4 is 27.0 Å². The lowest BCUT2D eigenvalue weighted by Crippen LogP contribution is -2.44. The molecule has 0 saturated carbocycles. The molecule has 0 spiro atoms. The maximum absolute atomic E-state index is 13.0. The molecule has 8 nitrogen and oxygen atoms in total. The number of nitrogens with zero attached hydrogens (tertiary/aromatic N) is 2. The van der Waals surface area contributed by atoms with Crippen molar-refractivity contribution in [2.24, 2.45) is 0 Å². The van der Waals surface area contributed by atoms with Gasteiger partial charge in [-0.05, 0) is 31.5 Å². The molecule has 31 heavy (non-hydrogen) atoms. The standard InChI is InChI=1S/C23H26N4O4/c1-3-26-22(29)20(18(28)14-25-17-12-8-9-13-19(17)31-4-2)21(24)27(23(26)30)15-16-10-6-5-7-11-16/h5-13,25H,3-4,14-15,24H2,1-2H3. The van der Waals surface area contributed by atoms with E-state index in [4.69, 9.17) is 10.5 Å². The molecule has 0 atom stereocenters. The average molecular weight is 422 g/mol. The lowest BCUT2D eigenvalue weighted by Gasteiger charge is -2.16. The summed E-state index contributed by atoms with van der Waals surface area (Å²) >= 11 is 0. The van der Waals surface area contributed by atoms with Gasteiger partial charge in [-0.2, -0.15) is 0 Å². The Labute approximate surface area is 179 Å². The Bertz CT molecular complexity index is 1180. The summed E-state index contributed by atoms with van der Waals surface area (Å²) in [5.41, 5.74) is 6.22. The summed E-state index contributed by atoms with van der Waals surface area (Å²) in [5.74, 6) is -0.0305. The first-order valence-electron chi connectivity index (χ1n) is 10.1. The molecular weight excluding hydrogens is 396 g/mol. The molecule has 0 aliphatic rings. The van der Waals surface area contributed by atoms with Crippen LogP contribution in [0, 0.1) is 0 Å². The Balaban J connectivity index is 1.96. The predicted molar refractivity (Wildman–Crippen MR) is 121 cm³/mol. The number of nitrogens with one attached hydrogen (secondary N) is 1. The second kappa shape index (κ2) is 9.80. The molecular formula is C23H26N4O4. The molecule has 0 unspecified atom stereocenters. The molecule has 0 radical (unpaired) electrons. The number of aromatic nitrogens is 2. The minimum atomic E-state index is -0.681. The lowest BCUT2D eigenvalue weighted by molar-refractivity contribution is 0.100. The van der Waals surface area contributed by atoms with Gasteiger partial charge in [0.25, 0.3) is 5.56 Å². The van der Waals surface area contributed by atoms with Crippen LogP contribution in [0.25, 0.3) is 0 Å². The van der Waals surface area contributed by atoms with Gasteiger partial charge in [-0.1, -0.05) is 42.5 Å². The van der Waals surface area contributed by atoms with Crippen molar-refractivity contribution in [1.29, 1.82) is 0 Å². The van der Waals surface area contributed by atoms with Crippen molar-refractivity contribution < 1.29 is 9.53 Å². The minimum absolute atomic E-state index is 0.131. The van der Waals surface area contributed by atoms with Crippen LogP contribution >= 0.6 is 0 Å². The molecule has 0 aliphatic heterocycles. The van der Waals surface area contributed by atoms with Gasteiger partial charge in [0.05, 0.1) is 25.4 Å². The number of ketones is 1. The Morgan fingerprint density at radius 2 is 1.68 bits per heavy atom. The van der Waals surface area contributed by atoms with Crippen molar-refractivity contribution >= 4 is 17.3 Å². The third kappa shape index (κ3) is 4.69. The highest BCUT2D eigenvalue weighted by molar-refractivity contribution is 6.02. The number of carbonyl (C=O) groups is 1. The molecule has 1 heterocycles. The van der Waals surface area contributed by atoms with Crippen molar-refractivity contribution in [2.75, 3.05) is 24.2 Å². The molecule has 8 heteroatoms. The van der Waals surface area contributed by atoms with E-state index < -0.39 is 17.0 Å². The van der Waals surface area contributed by atoms with E-state index in [2.05, 4.69) is 5.32 Å². The average Bonchev–Trinajstić information content (AvgIpc) is 2.77. The van der Waals surface area contributed by atoms with Gasteiger partial charge in [-0.25, -0.2) is 4.79 Å². The van der Waals surface area contributed by atoms with Gasteiger partial charge < -0.3 is 15.8 Å². The Morgan fingerprint density at radius 1 is 1.00 bits per heavy atom. The first-order chi connectivity index (χ1) is 15.0. The smallest absolute Gasteiger partial charge is 0.332 e. The van der Waals surface area contributed by atoms with Crippen LogP contribution in [0.1, 0.15) is 29.8 Å². The summed E-state index contributed by atoms with van der Waals surface area (Å²) in [6.07, 6.45) is 0. The largest absolute Gasteiger partial charge is 0.492 e. The van der Waals surface area contributed by atoms with Gasteiger partial charge in [0, 0.05) is 6.54 Å². The normalized spacial score (nSPS) is 10.6. The SMILES string of the molecule is CCOc1ccccc1NCC(=O)c1c(N)n(Cc2ccccc2)c(=O)n(CC)c1=O. The number of Topliss-reactive ketones (excluding diaryl/α,β-unsaturated/α-hetero) is 1. The summed E-state index contributed by atoms with van der Waals surface area (Å²) in [5, 5.41) is 3.01. The summed E-state index contributed by atoms with van der Waals surface area (Å²) in [6, 6.07) is 16.5. The molecule has 2 aromatic carbocycles. The van der Waals surface area contributed by atoms with E-state index in [-0.39, 0.29) is 31.0 Å². The second-order valence-electron chi connectivity index (χ2n) is 6.87. The van der Waals surface area contributed by atoms with E-state index in [1.165, 1.54) is 4.57 Å². The van der Waals surface area contributed by atoms with E-state index in [0.717, 1.165) is 10.1 Å². The van der Waals surface area contributed by atoms with Crippen LogP contribution in [0.4, 0.5) is 11.5 Å². The zero-order chi connectivity index (χ0) is 22.4. The second-order valence-corrected chi connectivity index (χ2v) is 6.87. The number of hydrogen-bond donors (Lipinski definition) is 2. The summed E-state index contributed by atoms with van der Waals surface area (Å²) in [7, 11) is 0. The van der Waals surface area contributed by atoms with Crippen molar-refractivity contribution in [1.82, 2.24) is 9.13 Å². The van der Waals surface area contributed by atoms with Crippen molar-refractivity contribution in [2.45, 2.75) is 26.9 Å². The molecule has 162 valence electrons. The van der Waals surface area contributed by atoms with Crippen LogP contribution in [-0.2, 0) is 13.1 Å². The number of nitrogens with two attached hydrogens (primary N) is 1. The molecule has 3 rings (SSSR count). The third-order valence-corrected chi connectivity index (χ3v) is 4.87. The molecule has 0 bridgehead atoms. The highest BCUT2D eigenvalue weighted by Gasteiger charge is 2.22. The van der Waals surface area contributed by atoms with Gasteiger partial charge in [0.15, 0.2) is 5.78 Å². The number of nitrogen functional groups attached to an aromatic ring is 1. The fourth-order valence-corrected chi connectivity index (χ4v) is 3.33. The van der Waals surface area contributed by atoms with Gasteiger partial charge in [0.1, 0.15) is 17.1 Å². The molecule has 0 saturated heterocycles. The van der Waals surface area contributed by atoms with Crippen LogP contribution in [0.15, 0.2) is 64.2 Å². The molecule has 3 N–H and O–H groups in total. The summed E-state index contributed by atoms with van der Waals surface area (Å²) in [6.45, 7) is 4.14. The van der Waals surface area contributed by atoms with Crippen LogP contribution in [0.3, 0.4) is 0 Å². The molecule has 0 aliphatic carbocycles. The van der Waals surface area contributed by atoms with Gasteiger partial charge in [-0.3, -0.25) is 18.7 Å².